The summed E-state index contributed by atoms with van der Waals surface area (Å²) in [6, 6.07) is 5.14. The normalized spacial score (nSPS) is 11.2. The van der Waals surface area contributed by atoms with Gasteiger partial charge in [-0.3, -0.25) is 9.10 Å². The Balaban J connectivity index is 3.25. The molecule has 0 aliphatic rings. The topological polar surface area (TPSA) is 57.7 Å². The van der Waals surface area contributed by atoms with Crippen LogP contribution in [0.25, 0.3) is 0 Å². The maximum Gasteiger partial charge on any atom is 0.253 e. The lowest BCUT2D eigenvalue weighted by Crippen LogP contribution is -2.31. The van der Waals surface area contributed by atoms with Crippen LogP contribution >= 0.6 is 0 Å². The molecular formula is C14H22N2O3S. The van der Waals surface area contributed by atoms with Crippen molar-refractivity contribution < 1.29 is 13.2 Å². The third kappa shape index (κ3) is 3.50. The summed E-state index contributed by atoms with van der Waals surface area (Å²) in [7, 11) is -1.85. The van der Waals surface area contributed by atoms with Crippen molar-refractivity contribution in [2.24, 2.45) is 0 Å². The zero-order valence-corrected chi connectivity index (χ0v) is 13.5. The number of anilines is 1. The average molecular weight is 298 g/mol. The number of aryl methyl sites for hydroxylation is 1. The number of nitrogens with zero attached hydrogens (tertiary/aromatic N) is 2. The molecule has 0 N–H and O–H groups in total. The quantitative estimate of drug-likeness (QED) is 0.834. The number of amides is 1. The van der Waals surface area contributed by atoms with E-state index in [9.17, 15) is 13.2 Å². The first-order valence-corrected chi connectivity index (χ1v) is 8.41. The van der Waals surface area contributed by atoms with Crippen LogP contribution in [0.2, 0.25) is 0 Å². The zero-order valence-electron chi connectivity index (χ0n) is 12.7. The summed E-state index contributed by atoms with van der Waals surface area (Å²) >= 11 is 0. The zero-order chi connectivity index (χ0) is 15.5. The van der Waals surface area contributed by atoms with Crippen molar-refractivity contribution in [2.45, 2.75) is 20.8 Å². The summed E-state index contributed by atoms with van der Waals surface area (Å²) in [5.41, 5.74) is 1.85. The van der Waals surface area contributed by atoms with Crippen molar-refractivity contribution in [3.63, 3.8) is 0 Å². The maximum atomic E-state index is 12.3. The largest absolute Gasteiger partial charge is 0.339 e. The van der Waals surface area contributed by atoms with Gasteiger partial charge >= 0.3 is 0 Å². The lowest BCUT2D eigenvalue weighted by atomic mass is 10.1. The Hall–Kier alpha value is -1.56. The van der Waals surface area contributed by atoms with Gasteiger partial charge in [0.15, 0.2) is 0 Å². The number of benzene rings is 1. The summed E-state index contributed by atoms with van der Waals surface area (Å²) in [5.74, 6) is -0.0850. The lowest BCUT2D eigenvalue weighted by molar-refractivity contribution is 0.0773. The molecule has 0 atom stereocenters. The Kier molecular flexibility index (Phi) is 5.16. The van der Waals surface area contributed by atoms with E-state index in [1.165, 1.54) is 11.4 Å². The van der Waals surface area contributed by atoms with Gasteiger partial charge in [-0.2, -0.15) is 0 Å². The van der Waals surface area contributed by atoms with Crippen molar-refractivity contribution in [1.82, 2.24) is 4.90 Å². The van der Waals surface area contributed by atoms with Gasteiger partial charge in [0.1, 0.15) is 0 Å². The van der Waals surface area contributed by atoms with Gasteiger partial charge in [-0.1, -0.05) is 6.07 Å². The molecule has 1 rings (SSSR count). The smallest absolute Gasteiger partial charge is 0.253 e. The molecule has 1 amide bonds. The van der Waals surface area contributed by atoms with E-state index in [-0.39, 0.29) is 5.91 Å². The summed E-state index contributed by atoms with van der Waals surface area (Å²) in [5, 5.41) is 0. The summed E-state index contributed by atoms with van der Waals surface area (Å²) < 4.78 is 24.5. The minimum atomic E-state index is -3.34. The molecule has 0 aliphatic heterocycles. The van der Waals surface area contributed by atoms with E-state index in [1.54, 1.807) is 23.1 Å². The fourth-order valence-corrected chi connectivity index (χ4v) is 2.51. The van der Waals surface area contributed by atoms with E-state index in [0.29, 0.717) is 24.3 Å². The van der Waals surface area contributed by atoms with Crippen LogP contribution in [0.4, 0.5) is 5.69 Å². The van der Waals surface area contributed by atoms with Gasteiger partial charge < -0.3 is 4.90 Å². The minimum Gasteiger partial charge on any atom is -0.339 e. The standard InChI is InChI=1S/C14H22N2O3S/c1-6-16(7-2)14(17)12-9-8-11(3)13(10-12)15(4)20(5,18)19/h8-10H,6-7H2,1-5H3. The second kappa shape index (κ2) is 6.26. The first-order chi connectivity index (χ1) is 9.22. The van der Waals surface area contributed by atoms with Crippen LogP contribution in [-0.2, 0) is 10.0 Å². The van der Waals surface area contributed by atoms with Gasteiger partial charge in [0.25, 0.3) is 5.91 Å². The monoisotopic (exact) mass is 298 g/mol. The highest BCUT2D eigenvalue weighted by Gasteiger charge is 2.18. The van der Waals surface area contributed by atoms with Crippen LogP contribution in [0.5, 0.6) is 0 Å². The Morgan fingerprint density at radius 1 is 1.20 bits per heavy atom. The fraction of sp³-hybridized carbons (Fsp3) is 0.500. The Morgan fingerprint density at radius 3 is 2.20 bits per heavy atom. The molecule has 0 fully saturated rings. The fourth-order valence-electron chi connectivity index (χ4n) is 1.95. The predicted molar refractivity (Wildman–Crippen MR) is 81.7 cm³/mol. The van der Waals surface area contributed by atoms with Crippen molar-refractivity contribution in [2.75, 3.05) is 30.7 Å². The van der Waals surface area contributed by atoms with Gasteiger partial charge in [-0.25, -0.2) is 8.42 Å². The molecule has 0 aliphatic carbocycles. The van der Waals surface area contributed by atoms with Gasteiger partial charge in [-0.15, -0.1) is 0 Å². The van der Waals surface area contributed by atoms with E-state index < -0.39 is 10.0 Å². The highest BCUT2D eigenvalue weighted by atomic mass is 32.2. The molecule has 0 heterocycles. The number of sulfonamides is 1. The highest BCUT2D eigenvalue weighted by molar-refractivity contribution is 7.92. The molecule has 0 bridgehead atoms. The maximum absolute atomic E-state index is 12.3. The van der Waals surface area contributed by atoms with Gasteiger partial charge in [-0.05, 0) is 38.5 Å². The summed E-state index contributed by atoms with van der Waals surface area (Å²) in [4.78, 5) is 14.0. The molecule has 6 heteroatoms. The first-order valence-electron chi connectivity index (χ1n) is 6.56. The van der Waals surface area contributed by atoms with Gasteiger partial charge in [0.2, 0.25) is 10.0 Å². The molecule has 0 aromatic heterocycles. The summed E-state index contributed by atoms with van der Waals surface area (Å²) in [6.07, 6.45) is 1.14. The van der Waals surface area contributed by atoms with E-state index in [1.807, 2.05) is 20.8 Å². The molecule has 0 unspecified atom stereocenters. The molecular weight excluding hydrogens is 276 g/mol. The average Bonchev–Trinajstić information content (AvgIpc) is 2.38. The Labute approximate surface area is 121 Å². The lowest BCUT2D eigenvalue weighted by Gasteiger charge is -2.22. The Morgan fingerprint density at radius 2 is 1.75 bits per heavy atom. The molecule has 112 valence electrons. The van der Waals surface area contributed by atoms with Crippen molar-refractivity contribution in [3.8, 4) is 0 Å². The van der Waals surface area contributed by atoms with Crippen LogP contribution in [-0.4, -0.2) is 45.6 Å². The Bertz CT molecular complexity index is 592. The van der Waals surface area contributed by atoms with Gasteiger partial charge in [0, 0.05) is 25.7 Å². The van der Waals surface area contributed by atoms with Crippen LogP contribution in [0.1, 0.15) is 29.8 Å². The van der Waals surface area contributed by atoms with Crippen LogP contribution in [0.3, 0.4) is 0 Å². The van der Waals surface area contributed by atoms with E-state index in [2.05, 4.69) is 0 Å². The number of carbonyl (C=O) groups excluding carboxylic acids is 1. The highest BCUT2D eigenvalue weighted by Crippen LogP contribution is 2.23. The van der Waals surface area contributed by atoms with Crippen LogP contribution in [0, 0.1) is 6.92 Å². The van der Waals surface area contributed by atoms with E-state index >= 15 is 0 Å². The van der Waals surface area contributed by atoms with Crippen molar-refractivity contribution in [3.05, 3.63) is 29.3 Å². The number of hydrogen-bond donors (Lipinski definition) is 0. The minimum absolute atomic E-state index is 0.0850. The van der Waals surface area contributed by atoms with E-state index in [4.69, 9.17) is 0 Å². The molecule has 5 nitrogen and oxygen atoms in total. The van der Waals surface area contributed by atoms with E-state index in [0.717, 1.165) is 11.8 Å². The van der Waals surface area contributed by atoms with Crippen molar-refractivity contribution >= 4 is 21.6 Å². The number of rotatable bonds is 5. The molecule has 0 radical (unpaired) electrons. The third-order valence-electron chi connectivity index (χ3n) is 3.34. The van der Waals surface area contributed by atoms with Crippen molar-refractivity contribution in [1.29, 1.82) is 0 Å². The number of carbonyl (C=O) groups is 1. The second-order valence-corrected chi connectivity index (χ2v) is 6.72. The van der Waals surface area contributed by atoms with Gasteiger partial charge in [0.05, 0.1) is 11.9 Å². The number of hydrogen-bond acceptors (Lipinski definition) is 3. The molecule has 0 saturated carbocycles. The third-order valence-corrected chi connectivity index (χ3v) is 4.54. The predicted octanol–water partition coefficient (Wildman–Crippen LogP) is 1.87. The van der Waals surface area contributed by atoms with Crippen LogP contribution in [0.15, 0.2) is 18.2 Å². The second-order valence-electron chi connectivity index (χ2n) is 4.71. The van der Waals surface area contributed by atoms with Crippen LogP contribution < -0.4 is 4.31 Å². The molecule has 0 spiro atoms. The molecule has 1 aromatic rings. The molecule has 0 saturated heterocycles. The molecule has 20 heavy (non-hydrogen) atoms. The SMILES string of the molecule is CCN(CC)C(=O)c1ccc(C)c(N(C)S(C)(=O)=O)c1. The molecule has 1 aromatic carbocycles. The first kappa shape index (κ1) is 16.5. The summed E-state index contributed by atoms with van der Waals surface area (Å²) in [6.45, 7) is 6.90.